The third kappa shape index (κ3) is 3.65. The number of imide groups is 1. The van der Waals surface area contributed by atoms with Gasteiger partial charge in [0.05, 0.1) is 29.6 Å². The fraction of sp³-hybridized carbons (Fsp3) is 0.476. The summed E-state index contributed by atoms with van der Waals surface area (Å²) < 4.78 is 23.7. The number of nitrogens with zero attached hydrogens (tertiary/aromatic N) is 2. The lowest BCUT2D eigenvalue weighted by molar-refractivity contribution is -0.139. The molecule has 0 bridgehead atoms. The fourth-order valence-corrected chi connectivity index (χ4v) is 6.09. The Hall–Kier alpha value is -3.72. The van der Waals surface area contributed by atoms with Crippen molar-refractivity contribution in [1.82, 2.24) is 31.1 Å². The molecule has 3 amide bonds. The normalized spacial score (nSPS) is 31.5. The molecule has 1 aromatic rings. The summed E-state index contributed by atoms with van der Waals surface area (Å²) in [6, 6.07) is 3.21. The van der Waals surface area contributed by atoms with Gasteiger partial charge >= 0.3 is 0 Å². The highest BCUT2D eigenvalue weighted by Crippen LogP contribution is 2.38. The number of hydrogen-bond donors (Lipinski definition) is 7. The van der Waals surface area contributed by atoms with Crippen LogP contribution >= 0.6 is 0 Å². The second kappa shape index (κ2) is 8.16. The average molecular weight is 519 g/mol. The van der Waals surface area contributed by atoms with Crippen LogP contribution in [0.3, 0.4) is 0 Å². The van der Waals surface area contributed by atoms with E-state index in [1.165, 1.54) is 29.2 Å². The molecular formula is C21H26N8O6S. The van der Waals surface area contributed by atoms with Crippen molar-refractivity contribution in [3.63, 3.8) is 0 Å². The highest BCUT2D eigenvalue weighted by atomic mass is 32.2. The number of likely N-dealkylation sites (tertiary alicyclic amines) is 1. The predicted octanol–water partition coefficient (Wildman–Crippen LogP) is -2.89. The standard InChI is InChI=1S/C21H26N8O6S/c1-36(34,35)11-4-2-3-10(7-11)18(33)24-13-9-29-20(23)25-12(8-28-14(30)5-6-15(28)31)16-21(29,17(13)32)27-19(22)26-16/h2-4,7,12-13,16-17,32H,5-6,8-9H2,1H3,(H2,23,25)(H,24,33)(H3,22,26,27)/t12-,13-,16?,17+,21-/m0/s1. The first-order chi connectivity index (χ1) is 16.9. The van der Waals surface area contributed by atoms with Crippen LogP contribution in [-0.4, -0.2) is 102 Å². The number of carbonyl (C=O) groups is 3. The van der Waals surface area contributed by atoms with Gasteiger partial charge in [-0.3, -0.25) is 30.1 Å². The topological polar surface area (TPSA) is 208 Å². The molecule has 192 valence electrons. The maximum atomic E-state index is 13.0. The molecule has 0 aliphatic carbocycles. The molecule has 14 nitrogen and oxygen atoms in total. The van der Waals surface area contributed by atoms with E-state index >= 15 is 0 Å². The quantitative estimate of drug-likeness (QED) is 0.198. The summed E-state index contributed by atoms with van der Waals surface area (Å²) >= 11 is 0. The van der Waals surface area contributed by atoms with Crippen LogP contribution in [-0.2, 0) is 19.4 Å². The molecule has 15 heteroatoms. The number of aliphatic hydroxyl groups is 1. The largest absolute Gasteiger partial charge is 0.386 e. The van der Waals surface area contributed by atoms with E-state index in [2.05, 4.69) is 21.3 Å². The summed E-state index contributed by atoms with van der Waals surface area (Å²) in [6.45, 7) is -0.0401. The number of nitrogens with one attached hydrogen (secondary N) is 6. The van der Waals surface area contributed by atoms with E-state index in [4.69, 9.17) is 10.8 Å². The van der Waals surface area contributed by atoms with Crippen LogP contribution in [0.4, 0.5) is 0 Å². The van der Waals surface area contributed by atoms with Crippen LogP contribution in [0.5, 0.6) is 0 Å². The van der Waals surface area contributed by atoms with Crippen molar-refractivity contribution in [2.45, 2.75) is 47.6 Å². The highest BCUT2D eigenvalue weighted by molar-refractivity contribution is 7.90. The number of rotatable bonds is 5. The Kier molecular flexibility index (Phi) is 5.44. The molecule has 4 fully saturated rings. The number of hydrogen-bond acceptors (Lipinski definition) is 8. The van der Waals surface area contributed by atoms with Crippen molar-refractivity contribution in [3.05, 3.63) is 29.8 Å². The zero-order chi connectivity index (χ0) is 26.0. The van der Waals surface area contributed by atoms with Gasteiger partial charge in [-0.2, -0.15) is 0 Å². The smallest absolute Gasteiger partial charge is 0.251 e. The van der Waals surface area contributed by atoms with Gasteiger partial charge in [0.15, 0.2) is 27.4 Å². The van der Waals surface area contributed by atoms with Gasteiger partial charge in [0.1, 0.15) is 6.10 Å². The molecule has 1 unspecified atom stereocenters. The van der Waals surface area contributed by atoms with E-state index in [9.17, 15) is 27.9 Å². The Balaban J connectivity index is 1.40. The second-order valence-corrected chi connectivity index (χ2v) is 11.4. The Morgan fingerprint density at radius 2 is 1.92 bits per heavy atom. The van der Waals surface area contributed by atoms with E-state index in [1.807, 2.05) is 0 Å². The van der Waals surface area contributed by atoms with Gasteiger partial charge in [0.25, 0.3) is 5.91 Å². The predicted molar refractivity (Wildman–Crippen MR) is 125 cm³/mol. The minimum atomic E-state index is -3.53. The highest BCUT2D eigenvalue weighted by Gasteiger charge is 2.67. The third-order valence-corrected chi connectivity index (χ3v) is 8.24. The first kappa shape index (κ1) is 24.0. The van der Waals surface area contributed by atoms with Crippen molar-refractivity contribution in [3.8, 4) is 0 Å². The van der Waals surface area contributed by atoms with Gasteiger partial charge in [0, 0.05) is 31.2 Å². The van der Waals surface area contributed by atoms with Gasteiger partial charge in [-0.25, -0.2) is 8.42 Å². The minimum Gasteiger partial charge on any atom is -0.386 e. The Morgan fingerprint density at radius 1 is 1.22 bits per heavy atom. The molecule has 0 saturated carbocycles. The lowest BCUT2D eigenvalue weighted by atomic mass is 9.87. The molecule has 5 rings (SSSR count). The molecule has 36 heavy (non-hydrogen) atoms. The van der Waals surface area contributed by atoms with Crippen LogP contribution in [0.15, 0.2) is 29.2 Å². The minimum absolute atomic E-state index is 0.0112. The van der Waals surface area contributed by atoms with Crippen molar-refractivity contribution in [2.24, 2.45) is 0 Å². The van der Waals surface area contributed by atoms with Crippen LogP contribution in [0, 0.1) is 10.8 Å². The van der Waals surface area contributed by atoms with Crippen molar-refractivity contribution < 1.29 is 27.9 Å². The summed E-state index contributed by atoms with van der Waals surface area (Å²) in [5, 5.41) is 39.7. The first-order valence-electron chi connectivity index (χ1n) is 11.3. The number of sulfone groups is 1. The Morgan fingerprint density at radius 3 is 2.58 bits per heavy atom. The van der Waals surface area contributed by atoms with Crippen LogP contribution < -0.4 is 21.3 Å². The van der Waals surface area contributed by atoms with E-state index in [1.54, 1.807) is 0 Å². The summed E-state index contributed by atoms with van der Waals surface area (Å²) in [4.78, 5) is 39.9. The van der Waals surface area contributed by atoms with Crippen LogP contribution in [0.25, 0.3) is 0 Å². The maximum absolute atomic E-state index is 13.0. The molecule has 1 spiro atoms. The number of amides is 3. The van der Waals surface area contributed by atoms with E-state index in [-0.39, 0.29) is 60.1 Å². The molecule has 4 aliphatic heterocycles. The van der Waals surface area contributed by atoms with Gasteiger partial charge < -0.3 is 31.3 Å². The van der Waals surface area contributed by atoms with E-state index < -0.39 is 45.6 Å². The SMILES string of the molecule is CS(=O)(=O)c1cccc(C(=O)N[C@H]2CN3C(=N)N[C@@H](CN4C(=O)CCC4=O)C4NC(=N)N[C@@]43[C@@H]2O)c1. The molecule has 5 atom stereocenters. The second-order valence-electron chi connectivity index (χ2n) is 9.38. The summed E-state index contributed by atoms with van der Waals surface area (Å²) in [7, 11) is -3.53. The van der Waals surface area contributed by atoms with Gasteiger partial charge in [-0.15, -0.1) is 0 Å². The zero-order valence-corrected chi connectivity index (χ0v) is 20.1. The molecule has 4 saturated heterocycles. The molecule has 7 N–H and O–H groups in total. The van der Waals surface area contributed by atoms with Crippen molar-refractivity contribution in [1.29, 1.82) is 10.8 Å². The number of guanidine groups is 2. The Labute approximate surface area is 206 Å². The summed E-state index contributed by atoms with van der Waals surface area (Å²) in [5.41, 5.74) is -1.31. The number of benzene rings is 1. The van der Waals surface area contributed by atoms with Crippen molar-refractivity contribution in [2.75, 3.05) is 19.3 Å². The van der Waals surface area contributed by atoms with Crippen LogP contribution in [0.2, 0.25) is 0 Å². The average Bonchev–Trinajstić information content (AvgIpc) is 3.43. The molecule has 4 heterocycles. The van der Waals surface area contributed by atoms with Gasteiger partial charge in [0.2, 0.25) is 11.8 Å². The van der Waals surface area contributed by atoms with E-state index in [0.29, 0.717) is 0 Å². The summed E-state index contributed by atoms with van der Waals surface area (Å²) in [5.74, 6) is -1.46. The Bertz CT molecular complexity index is 1280. The molecule has 1 aromatic carbocycles. The number of aliphatic hydroxyl groups excluding tert-OH is 1. The van der Waals surface area contributed by atoms with Gasteiger partial charge in [-0.1, -0.05) is 6.07 Å². The van der Waals surface area contributed by atoms with E-state index in [0.717, 1.165) is 11.2 Å². The lowest BCUT2D eigenvalue weighted by Gasteiger charge is -2.49. The molecule has 0 radical (unpaired) electrons. The summed E-state index contributed by atoms with van der Waals surface area (Å²) in [6.07, 6.45) is -0.0451. The molecule has 4 aliphatic rings. The molecule has 0 aromatic heterocycles. The fourth-order valence-electron chi connectivity index (χ4n) is 5.43. The third-order valence-electron chi connectivity index (χ3n) is 7.13. The van der Waals surface area contributed by atoms with Gasteiger partial charge in [-0.05, 0) is 18.2 Å². The monoisotopic (exact) mass is 518 g/mol. The maximum Gasteiger partial charge on any atom is 0.251 e. The lowest BCUT2D eigenvalue weighted by Crippen LogP contribution is -2.78. The zero-order valence-electron chi connectivity index (χ0n) is 19.2. The first-order valence-corrected chi connectivity index (χ1v) is 13.2. The van der Waals surface area contributed by atoms with Crippen LogP contribution in [0.1, 0.15) is 23.2 Å². The number of carbonyl (C=O) groups excluding carboxylic acids is 3. The van der Waals surface area contributed by atoms with Crippen molar-refractivity contribution >= 4 is 39.5 Å². The molecular weight excluding hydrogens is 492 g/mol.